The number of fused-ring (bicyclic) bond motifs is 1. The summed E-state index contributed by atoms with van der Waals surface area (Å²) < 4.78 is 34.9. The zero-order valence-corrected chi connectivity index (χ0v) is 24.6. The van der Waals surface area contributed by atoms with Gasteiger partial charge in [-0.15, -0.1) is 0 Å². The number of benzene rings is 3. The number of sulfonamides is 1. The molecule has 0 atom stereocenters. The Hall–Kier alpha value is -4.89. The van der Waals surface area contributed by atoms with Gasteiger partial charge in [0.05, 0.1) is 12.0 Å². The number of rotatable bonds is 8. The third-order valence-corrected chi connectivity index (χ3v) is 8.23. The van der Waals surface area contributed by atoms with E-state index in [2.05, 4.69) is 40.8 Å². The summed E-state index contributed by atoms with van der Waals surface area (Å²) in [5, 5.41) is 3.57. The van der Waals surface area contributed by atoms with Crippen molar-refractivity contribution in [1.29, 1.82) is 0 Å². The van der Waals surface area contributed by atoms with Crippen molar-refractivity contribution in [3.05, 3.63) is 109 Å². The summed E-state index contributed by atoms with van der Waals surface area (Å²) in [6, 6.07) is 23.2. The number of hydrogen-bond acceptors (Lipinski definition) is 5. The second kappa shape index (κ2) is 11.5. The van der Waals surface area contributed by atoms with E-state index in [-0.39, 0.29) is 16.2 Å². The number of carbonyl (C=O) groups excluding carboxylic acids is 1. The van der Waals surface area contributed by atoms with E-state index in [0.717, 1.165) is 27.6 Å². The lowest BCUT2D eigenvalue weighted by atomic mass is 9.87. The normalized spacial score (nSPS) is 12.0. The smallest absolute Gasteiger partial charge is 0.261 e. The van der Waals surface area contributed by atoms with Gasteiger partial charge >= 0.3 is 0 Å². The van der Waals surface area contributed by atoms with Crippen LogP contribution in [0.5, 0.6) is 5.75 Å². The van der Waals surface area contributed by atoms with E-state index < -0.39 is 10.0 Å². The Morgan fingerprint density at radius 2 is 1.64 bits per heavy atom. The Kier molecular flexibility index (Phi) is 7.87. The number of anilines is 2. The molecule has 3 N–H and O–H groups in total. The maximum Gasteiger partial charge on any atom is 0.261 e. The topological polar surface area (TPSA) is 113 Å². The fourth-order valence-electron chi connectivity index (χ4n) is 4.67. The van der Waals surface area contributed by atoms with Crippen LogP contribution in [0.3, 0.4) is 0 Å². The van der Waals surface area contributed by atoms with Crippen LogP contribution in [0.25, 0.3) is 28.1 Å². The number of aromatic amines is 1. The average molecular weight is 581 g/mol. The second-order valence-electron chi connectivity index (χ2n) is 10.8. The molecule has 5 rings (SSSR count). The predicted octanol–water partition coefficient (Wildman–Crippen LogP) is 6.99. The summed E-state index contributed by atoms with van der Waals surface area (Å²) in [6.45, 7) is 6.24. The number of pyridine rings is 1. The highest BCUT2D eigenvalue weighted by atomic mass is 32.2. The summed E-state index contributed by atoms with van der Waals surface area (Å²) in [6.07, 6.45) is 6.33. The van der Waals surface area contributed by atoms with Gasteiger partial charge in [0.15, 0.2) is 0 Å². The first-order valence-electron chi connectivity index (χ1n) is 13.4. The minimum absolute atomic E-state index is 0.0875. The highest BCUT2D eigenvalue weighted by Gasteiger charge is 2.20. The van der Waals surface area contributed by atoms with Crippen LogP contribution < -0.4 is 14.8 Å². The molecular weight excluding hydrogens is 548 g/mol. The van der Waals surface area contributed by atoms with E-state index >= 15 is 0 Å². The van der Waals surface area contributed by atoms with Crippen molar-refractivity contribution in [2.45, 2.75) is 31.1 Å². The van der Waals surface area contributed by atoms with Crippen molar-refractivity contribution in [2.24, 2.45) is 0 Å². The Labute approximate surface area is 245 Å². The van der Waals surface area contributed by atoms with Crippen molar-refractivity contribution in [3.63, 3.8) is 0 Å². The number of carbonyl (C=O) groups is 1. The van der Waals surface area contributed by atoms with Gasteiger partial charge in [-0.05, 0) is 65.6 Å². The maximum absolute atomic E-state index is 13.3. The van der Waals surface area contributed by atoms with E-state index in [1.54, 1.807) is 62.0 Å². The predicted molar refractivity (Wildman–Crippen MR) is 168 cm³/mol. The lowest BCUT2D eigenvalue weighted by molar-refractivity contribution is -0.111. The molecule has 0 radical (unpaired) electrons. The number of methoxy groups -OCH3 is 1. The average Bonchev–Trinajstić information content (AvgIpc) is 3.33. The van der Waals surface area contributed by atoms with E-state index in [1.807, 2.05) is 42.5 Å². The molecule has 0 unspecified atom stereocenters. The highest BCUT2D eigenvalue weighted by molar-refractivity contribution is 7.92. The van der Waals surface area contributed by atoms with Gasteiger partial charge in [-0.25, -0.2) is 8.42 Å². The first-order chi connectivity index (χ1) is 20.0. The molecule has 42 heavy (non-hydrogen) atoms. The Morgan fingerprint density at radius 1 is 0.929 bits per heavy atom. The van der Waals surface area contributed by atoms with Gasteiger partial charge in [-0.2, -0.15) is 0 Å². The van der Waals surface area contributed by atoms with E-state index in [4.69, 9.17) is 4.74 Å². The largest absolute Gasteiger partial charge is 0.496 e. The lowest BCUT2D eigenvalue weighted by Gasteiger charge is -2.19. The van der Waals surface area contributed by atoms with Crippen LogP contribution in [0.15, 0.2) is 102 Å². The summed E-state index contributed by atoms with van der Waals surface area (Å²) in [7, 11) is -2.24. The van der Waals surface area contributed by atoms with Crippen molar-refractivity contribution < 1.29 is 17.9 Å². The second-order valence-corrected chi connectivity index (χ2v) is 12.5. The molecule has 0 bridgehead atoms. The number of para-hydroxylation sites is 1. The molecule has 214 valence electrons. The number of nitrogens with one attached hydrogen (secondary N) is 3. The molecule has 0 aliphatic heterocycles. The summed E-state index contributed by atoms with van der Waals surface area (Å²) in [5.74, 6) is 0.330. The molecule has 3 aromatic carbocycles. The number of ether oxygens (including phenoxy) is 1. The zero-order chi connectivity index (χ0) is 29.9. The van der Waals surface area contributed by atoms with E-state index in [0.29, 0.717) is 22.8 Å². The monoisotopic (exact) mass is 580 g/mol. The van der Waals surface area contributed by atoms with Crippen LogP contribution in [0, 0.1) is 0 Å². The van der Waals surface area contributed by atoms with Crippen molar-refractivity contribution in [3.8, 4) is 16.9 Å². The summed E-state index contributed by atoms with van der Waals surface area (Å²) >= 11 is 0. The van der Waals surface area contributed by atoms with Crippen LogP contribution in [-0.4, -0.2) is 31.4 Å². The zero-order valence-electron chi connectivity index (χ0n) is 23.8. The van der Waals surface area contributed by atoms with Crippen molar-refractivity contribution in [1.82, 2.24) is 9.97 Å². The number of aromatic nitrogens is 2. The first kappa shape index (κ1) is 28.6. The molecule has 0 spiro atoms. The summed E-state index contributed by atoms with van der Waals surface area (Å²) in [4.78, 5) is 20.2. The number of amides is 1. The van der Waals surface area contributed by atoms with Crippen LogP contribution in [0.4, 0.5) is 11.4 Å². The SMILES string of the molecule is COc1ccccc1-c1c(/C=C/C(=O)Nc2ccncc2)[nH]c2ccc(NS(=O)(=O)c3ccc(C(C)(C)C)cc3)cc12. The Balaban J connectivity index is 1.53. The molecule has 0 saturated heterocycles. The molecule has 0 fully saturated rings. The van der Waals surface area contributed by atoms with Crippen molar-refractivity contribution >= 4 is 44.3 Å². The number of hydrogen-bond donors (Lipinski definition) is 3. The van der Waals surface area contributed by atoms with Gasteiger partial charge in [-0.1, -0.05) is 51.1 Å². The summed E-state index contributed by atoms with van der Waals surface area (Å²) in [5.41, 5.74) is 4.99. The fourth-order valence-corrected chi connectivity index (χ4v) is 5.72. The van der Waals surface area contributed by atoms with Gasteiger partial charge in [-0.3, -0.25) is 14.5 Å². The minimum Gasteiger partial charge on any atom is -0.496 e. The quantitative estimate of drug-likeness (QED) is 0.171. The third-order valence-electron chi connectivity index (χ3n) is 6.84. The van der Waals surface area contributed by atoms with Gasteiger partial charge in [0.1, 0.15) is 5.75 Å². The molecule has 5 aromatic rings. The van der Waals surface area contributed by atoms with E-state index in [9.17, 15) is 13.2 Å². The van der Waals surface area contributed by atoms with Gasteiger partial charge < -0.3 is 15.0 Å². The molecule has 2 aromatic heterocycles. The first-order valence-corrected chi connectivity index (χ1v) is 14.8. The fraction of sp³-hybridized carbons (Fsp3) is 0.152. The molecule has 1 amide bonds. The lowest BCUT2D eigenvalue weighted by Crippen LogP contribution is -2.14. The Morgan fingerprint density at radius 3 is 2.33 bits per heavy atom. The molecule has 9 heteroatoms. The third kappa shape index (κ3) is 6.21. The van der Waals surface area contributed by atoms with Crippen LogP contribution in [0.2, 0.25) is 0 Å². The number of nitrogens with zero attached hydrogens (tertiary/aromatic N) is 1. The minimum atomic E-state index is -3.84. The standard InChI is InChI=1S/C33H32N4O4S/c1-33(2,3)22-9-12-25(13-10-22)42(39,40)37-24-11-14-28-27(21-24)32(26-7-5-6-8-30(26)41-4)29(36-28)15-16-31(38)35-23-17-19-34-20-18-23/h5-21,36-37H,1-4H3,(H,34,35,38)/b16-15+. The van der Waals surface area contributed by atoms with Gasteiger partial charge in [0.25, 0.3) is 10.0 Å². The van der Waals surface area contributed by atoms with Gasteiger partial charge in [0, 0.05) is 57.6 Å². The van der Waals surface area contributed by atoms with Crippen molar-refractivity contribution in [2.75, 3.05) is 17.1 Å². The van der Waals surface area contributed by atoms with Crippen LogP contribution in [-0.2, 0) is 20.2 Å². The molecule has 0 aliphatic carbocycles. The molecule has 0 saturated carbocycles. The Bertz CT molecular complexity index is 1870. The number of H-pyrrole nitrogens is 1. The molecule has 0 aliphatic rings. The van der Waals surface area contributed by atoms with Crippen LogP contribution >= 0.6 is 0 Å². The molecule has 8 nitrogen and oxygen atoms in total. The van der Waals surface area contributed by atoms with Crippen LogP contribution in [0.1, 0.15) is 32.0 Å². The van der Waals surface area contributed by atoms with Gasteiger partial charge in [0.2, 0.25) is 5.91 Å². The molecule has 2 heterocycles. The maximum atomic E-state index is 13.3. The van der Waals surface area contributed by atoms with E-state index in [1.165, 1.54) is 6.08 Å². The molecular formula is C33H32N4O4S. The highest BCUT2D eigenvalue weighted by Crippen LogP contribution is 2.39.